The van der Waals surface area contributed by atoms with Gasteiger partial charge in [0.15, 0.2) is 5.65 Å². The fraction of sp³-hybridized carbons (Fsp3) is 0.316. The van der Waals surface area contributed by atoms with Gasteiger partial charge in [-0.2, -0.15) is 9.37 Å². The van der Waals surface area contributed by atoms with Gasteiger partial charge in [0.25, 0.3) is 5.56 Å². The SMILES string of the molecule is CC(N)C(C)(C)Cc1c(-c2ccc(Cl)cc2Cl)c(F)nc2ncc(=O)[nH]c12. The van der Waals surface area contributed by atoms with Gasteiger partial charge in [-0.15, -0.1) is 0 Å². The van der Waals surface area contributed by atoms with Crippen LogP contribution in [0.5, 0.6) is 0 Å². The first kappa shape index (κ1) is 19.7. The molecule has 0 fully saturated rings. The summed E-state index contributed by atoms with van der Waals surface area (Å²) in [5.74, 6) is -0.721. The smallest absolute Gasteiger partial charge is 0.267 e. The molecule has 1 unspecified atom stereocenters. The number of benzene rings is 1. The minimum atomic E-state index is -0.721. The summed E-state index contributed by atoms with van der Waals surface area (Å²) in [7, 11) is 0. The first-order valence-electron chi connectivity index (χ1n) is 8.38. The number of nitrogens with two attached hydrogens (primary N) is 1. The normalized spacial score (nSPS) is 13.1. The molecule has 0 amide bonds. The number of H-pyrrole nitrogens is 1. The Labute approximate surface area is 165 Å². The monoisotopic (exact) mass is 408 g/mol. The summed E-state index contributed by atoms with van der Waals surface area (Å²) in [6.07, 6.45) is 1.46. The van der Waals surface area contributed by atoms with E-state index in [1.54, 1.807) is 12.1 Å². The first-order valence-corrected chi connectivity index (χ1v) is 9.14. The van der Waals surface area contributed by atoms with Crippen molar-refractivity contribution >= 4 is 34.4 Å². The molecule has 1 aromatic carbocycles. The van der Waals surface area contributed by atoms with Crippen LogP contribution in [-0.2, 0) is 6.42 Å². The van der Waals surface area contributed by atoms with Crippen molar-refractivity contribution in [1.82, 2.24) is 15.0 Å². The van der Waals surface area contributed by atoms with Crippen molar-refractivity contribution in [1.29, 1.82) is 0 Å². The highest BCUT2D eigenvalue weighted by Crippen LogP contribution is 2.39. The highest BCUT2D eigenvalue weighted by molar-refractivity contribution is 6.36. The number of pyridine rings is 1. The van der Waals surface area contributed by atoms with Crippen LogP contribution < -0.4 is 11.3 Å². The maximum atomic E-state index is 15.1. The zero-order valence-corrected chi connectivity index (χ0v) is 16.6. The second kappa shape index (κ2) is 7.19. The van der Waals surface area contributed by atoms with E-state index in [0.717, 1.165) is 6.20 Å². The van der Waals surface area contributed by atoms with Crippen molar-refractivity contribution < 1.29 is 4.39 Å². The quantitative estimate of drug-likeness (QED) is 0.628. The number of hydrogen-bond donors (Lipinski definition) is 2. The predicted octanol–water partition coefficient (Wildman–Crippen LogP) is 4.35. The van der Waals surface area contributed by atoms with E-state index in [9.17, 15) is 4.79 Å². The molecule has 3 aromatic rings. The van der Waals surface area contributed by atoms with Gasteiger partial charge in [-0.05, 0) is 36.5 Å². The van der Waals surface area contributed by atoms with E-state index >= 15 is 4.39 Å². The third-order valence-electron chi connectivity index (χ3n) is 4.86. The Kier molecular flexibility index (Phi) is 5.25. The van der Waals surface area contributed by atoms with Gasteiger partial charge in [0.05, 0.1) is 16.7 Å². The van der Waals surface area contributed by atoms with Crippen LogP contribution in [0, 0.1) is 11.4 Å². The van der Waals surface area contributed by atoms with Crippen molar-refractivity contribution in [2.45, 2.75) is 33.2 Å². The van der Waals surface area contributed by atoms with E-state index in [1.807, 2.05) is 20.8 Å². The van der Waals surface area contributed by atoms with Gasteiger partial charge in [0, 0.05) is 22.2 Å². The number of aromatic nitrogens is 3. The van der Waals surface area contributed by atoms with Crippen LogP contribution in [0.15, 0.2) is 29.2 Å². The van der Waals surface area contributed by atoms with Crippen LogP contribution in [0.2, 0.25) is 10.0 Å². The molecule has 1 atom stereocenters. The van der Waals surface area contributed by atoms with Crippen LogP contribution in [0.1, 0.15) is 26.3 Å². The summed E-state index contributed by atoms with van der Waals surface area (Å²) in [4.78, 5) is 22.5. The molecule has 27 heavy (non-hydrogen) atoms. The number of halogens is 3. The summed E-state index contributed by atoms with van der Waals surface area (Å²) in [5.41, 5.74) is 7.03. The molecular formula is C19H19Cl2FN4O. The summed E-state index contributed by atoms with van der Waals surface area (Å²) in [6.45, 7) is 5.84. The van der Waals surface area contributed by atoms with Gasteiger partial charge in [-0.1, -0.05) is 43.1 Å². The molecule has 2 aromatic heterocycles. The summed E-state index contributed by atoms with van der Waals surface area (Å²) in [5, 5.41) is 0.721. The third kappa shape index (κ3) is 3.83. The molecule has 3 N–H and O–H groups in total. The Morgan fingerprint density at radius 2 is 2.04 bits per heavy atom. The molecule has 0 bridgehead atoms. The Morgan fingerprint density at radius 3 is 2.67 bits per heavy atom. The molecule has 0 spiro atoms. The zero-order chi connectivity index (χ0) is 19.9. The molecular weight excluding hydrogens is 390 g/mol. The predicted molar refractivity (Wildman–Crippen MR) is 107 cm³/mol. The molecule has 2 heterocycles. The third-order valence-corrected chi connectivity index (χ3v) is 5.40. The van der Waals surface area contributed by atoms with Crippen molar-refractivity contribution in [3.63, 3.8) is 0 Å². The number of aromatic amines is 1. The van der Waals surface area contributed by atoms with Gasteiger partial charge < -0.3 is 10.7 Å². The van der Waals surface area contributed by atoms with E-state index in [1.165, 1.54) is 6.07 Å². The maximum Gasteiger partial charge on any atom is 0.267 e. The van der Waals surface area contributed by atoms with Crippen molar-refractivity contribution in [3.05, 3.63) is 56.3 Å². The summed E-state index contributed by atoms with van der Waals surface area (Å²) < 4.78 is 15.1. The second-order valence-corrected chi connectivity index (χ2v) is 8.12. The fourth-order valence-electron chi connectivity index (χ4n) is 2.85. The lowest BCUT2D eigenvalue weighted by Crippen LogP contribution is -2.36. The minimum Gasteiger partial charge on any atom is -0.327 e. The van der Waals surface area contributed by atoms with Crippen molar-refractivity contribution in [3.8, 4) is 11.1 Å². The number of hydrogen-bond acceptors (Lipinski definition) is 4. The largest absolute Gasteiger partial charge is 0.327 e. The van der Waals surface area contributed by atoms with Crippen molar-refractivity contribution in [2.24, 2.45) is 11.1 Å². The van der Waals surface area contributed by atoms with Gasteiger partial charge in [0.1, 0.15) is 0 Å². The van der Waals surface area contributed by atoms with Gasteiger partial charge >= 0.3 is 0 Å². The van der Waals surface area contributed by atoms with Gasteiger partial charge in [-0.3, -0.25) is 4.79 Å². The highest BCUT2D eigenvalue weighted by Gasteiger charge is 2.29. The van der Waals surface area contributed by atoms with Crippen molar-refractivity contribution in [2.75, 3.05) is 0 Å². The number of rotatable bonds is 4. The van der Waals surface area contributed by atoms with Crippen LogP contribution >= 0.6 is 23.2 Å². The van der Waals surface area contributed by atoms with E-state index in [0.29, 0.717) is 28.1 Å². The topological polar surface area (TPSA) is 84.7 Å². The Balaban J connectivity index is 2.39. The van der Waals surface area contributed by atoms with E-state index in [2.05, 4.69) is 15.0 Å². The lowest BCUT2D eigenvalue weighted by molar-refractivity contribution is 0.300. The fourth-order valence-corrected chi connectivity index (χ4v) is 3.35. The van der Waals surface area contributed by atoms with Gasteiger partial charge in [-0.25, -0.2) is 4.98 Å². The second-order valence-electron chi connectivity index (χ2n) is 7.28. The van der Waals surface area contributed by atoms with Gasteiger partial charge in [0.2, 0.25) is 5.95 Å². The van der Waals surface area contributed by atoms with E-state index < -0.39 is 11.5 Å². The zero-order valence-electron chi connectivity index (χ0n) is 15.1. The molecule has 8 heteroatoms. The number of nitrogens with one attached hydrogen (secondary N) is 1. The average molecular weight is 409 g/mol. The molecule has 0 aliphatic carbocycles. The molecule has 142 valence electrons. The number of nitrogens with zero attached hydrogens (tertiary/aromatic N) is 2. The molecule has 5 nitrogen and oxygen atoms in total. The molecule has 0 aliphatic rings. The average Bonchev–Trinajstić information content (AvgIpc) is 2.56. The minimum absolute atomic E-state index is 0.122. The molecule has 0 radical (unpaired) electrons. The van der Waals surface area contributed by atoms with Crippen LogP contribution in [0.4, 0.5) is 4.39 Å². The van der Waals surface area contributed by atoms with Crippen LogP contribution in [0.25, 0.3) is 22.3 Å². The Bertz CT molecular complexity index is 1080. The van der Waals surface area contributed by atoms with E-state index in [-0.39, 0.29) is 27.7 Å². The molecule has 0 saturated carbocycles. The Hall–Kier alpha value is -2.02. The highest BCUT2D eigenvalue weighted by atomic mass is 35.5. The van der Waals surface area contributed by atoms with Crippen LogP contribution in [-0.4, -0.2) is 21.0 Å². The lowest BCUT2D eigenvalue weighted by atomic mass is 9.78. The first-order chi connectivity index (χ1) is 12.6. The maximum absolute atomic E-state index is 15.1. The molecule has 0 saturated heterocycles. The molecule has 3 rings (SSSR count). The van der Waals surface area contributed by atoms with E-state index in [4.69, 9.17) is 28.9 Å². The summed E-state index contributed by atoms with van der Waals surface area (Å²) in [6, 6.07) is 4.61. The standard InChI is InChI=1S/C19H19Cl2FN4O/c1-9(23)19(2,3)7-12-15(11-5-4-10(20)6-13(11)21)17(22)26-18-16(12)25-14(27)8-24-18/h4-6,8-9H,7,23H2,1-3H3,(H,25,27). The molecule has 0 aliphatic heterocycles. The Morgan fingerprint density at radius 1 is 1.33 bits per heavy atom. The summed E-state index contributed by atoms with van der Waals surface area (Å²) >= 11 is 12.3. The lowest BCUT2D eigenvalue weighted by Gasteiger charge is -2.30. The number of fused-ring (bicyclic) bond motifs is 1. The van der Waals surface area contributed by atoms with Crippen LogP contribution in [0.3, 0.4) is 0 Å².